The first-order valence-corrected chi connectivity index (χ1v) is 19.2. The van der Waals surface area contributed by atoms with E-state index in [0.29, 0.717) is 35.3 Å². The average Bonchev–Trinajstić information content (AvgIpc) is 3.72. The zero-order chi connectivity index (χ0) is 38.4. The summed E-state index contributed by atoms with van der Waals surface area (Å²) in [7, 11) is 5.54. The number of imide groups is 1. The van der Waals surface area contributed by atoms with Crippen molar-refractivity contribution >= 4 is 51.0 Å². The standard InChI is InChI=1S/C41H47FN8O5/c1-46(27-17-19-48(20-18-27)33-9-6-10-34-38(33)47(2)41(54)50(34)35-15-16-37(51)44-40(35)53)23-25-11-13-28(14-12-25)49-24-26-21-32(36(55-3)22-31(26)45-49)43-39(52)29-7-4-5-8-30(29)42/h4-10,21-22,24-25,27-28,35H,11-20,23H2,1-3H3,(H,43,52)(H,44,51,53). The molecule has 1 aliphatic carbocycles. The molecule has 2 saturated heterocycles. The van der Waals surface area contributed by atoms with Gasteiger partial charge < -0.3 is 19.9 Å². The van der Waals surface area contributed by atoms with Crippen LogP contribution in [0, 0.1) is 11.7 Å². The fourth-order valence-corrected chi connectivity index (χ4v) is 8.96. The molecule has 0 bridgehead atoms. The summed E-state index contributed by atoms with van der Waals surface area (Å²) in [5, 5.41) is 11.0. The number of benzene rings is 3. The van der Waals surface area contributed by atoms with Crippen LogP contribution < -0.4 is 26.0 Å². The molecule has 0 spiro atoms. The van der Waals surface area contributed by atoms with E-state index >= 15 is 0 Å². The fraction of sp³-hybridized carbons (Fsp3) is 0.439. The van der Waals surface area contributed by atoms with Crippen LogP contribution in [0.25, 0.3) is 21.9 Å². The van der Waals surface area contributed by atoms with Crippen molar-refractivity contribution in [1.29, 1.82) is 0 Å². The first-order chi connectivity index (χ1) is 26.6. The maximum Gasteiger partial charge on any atom is 0.329 e. The Hall–Kier alpha value is -5.50. The van der Waals surface area contributed by atoms with Crippen molar-refractivity contribution in [2.24, 2.45) is 13.0 Å². The molecule has 8 rings (SSSR count). The van der Waals surface area contributed by atoms with Gasteiger partial charge in [0.1, 0.15) is 17.6 Å². The zero-order valence-corrected chi connectivity index (χ0v) is 31.5. The number of anilines is 2. The van der Waals surface area contributed by atoms with Crippen LogP contribution in [0.2, 0.25) is 0 Å². The number of nitrogens with one attached hydrogen (secondary N) is 2. The molecule has 55 heavy (non-hydrogen) atoms. The van der Waals surface area contributed by atoms with E-state index < -0.39 is 23.7 Å². The minimum absolute atomic E-state index is 0.0309. The Labute approximate surface area is 318 Å². The van der Waals surface area contributed by atoms with Crippen LogP contribution in [0.15, 0.2) is 65.6 Å². The summed E-state index contributed by atoms with van der Waals surface area (Å²) in [4.78, 5) is 55.7. The normalized spacial score (nSPS) is 21.0. The molecule has 4 heterocycles. The lowest BCUT2D eigenvalue weighted by Crippen LogP contribution is -2.45. The van der Waals surface area contributed by atoms with Crippen LogP contribution in [0.3, 0.4) is 0 Å². The summed E-state index contributed by atoms with van der Waals surface area (Å²) in [6, 6.07) is 15.5. The van der Waals surface area contributed by atoms with Gasteiger partial charge in [-0.3, -0.25) is 33.5 Å². The Balaban J connectivity index is 0.869. The van der Waals surface area contributed by atoms with E-state index in [1.54, 1.807) is 28.3 Å². The number of halogens is 1. The van der Waals surface area contributed by atoms with Gasteiger partial charge in [0.2, 0.25) is 11.8 Å². The van der Waals surface area contributed by atoms with Crippen molar-refractivity contribution in [3.63, 3.8) is 0 Å². The Morgan fingerprint density at radius 2 is 1.76 bits per heavy atom. The Bertz CT molecular complexity index is 2330. The largest absolute Gasteiger partial charge is 0.494 e. The number of rotatable bonds is 9. The third-order valence-corrected chi connectivity index (χ3v) is 12.0. The lowest BCUT2D eigenvalue weighted by atomic mass is 9.85. The van der Waals surface area contributed by atoms with E-state index in [9.17, 15) is 23.6 Å². The highest BCUT2D eigenvalue weighted by molar-refractivity contribution is 6.06. The maximum absolute atomic E-state index is 14.2. The van der Waals surface area contributed by atoms with Crippen molar-refractivity contribution in [3.8, 4) is 5.75 Å². The second kappa shape index (κ2) is 15.0. The van der Waals surface area contributed by atoms with Gasteiger partial charge in [-0.25, -0.2) is 9.18 Å². The van der Waals surface area contributed by atoms with Gasteiger partial charge in [0.15, 0.2) is 0 Å². The number of carbonyl (C=O) groups is 3. The van der Waals surface area contributed by atoms with Gasteiger partial charge in [-0.2, -0.15) is 5.10 Å². The number of aromatic nitrogens is 4. The van der Waals surface area contributed by atoms with Crippen LogP contribution >= 0.6 is 0 Å². The molecule has 3 amide bonds. The number of aryl methyl sites for hydroxylation is 1. The second-order valence-corrected chi connectivity index (χ2v) is 15.3. The van der Waals surface area contributed by atoms with E-state index in [1.807, 2.05) is 30.5 Å². The lowest BCUT2D eigenvalue weighted by molar-refractivity contribution is -0.135. The minimum Gasteiger partial charge on any atom is -0.494 e. The molecule has 1 atom stereocenters. The molecule has 1 unspecified atom stereocenters. The van der Waals surface area contributed by atoms with Crippen molar-refractivity contribution in [2.75, 3.05) is 44.0 Å². The summed E-state index contributed by atoms with van der Waals surface area (Å²) in [6.07, 6.45) is 8.85. The van der Waals surface area contributed by atoms with Crippen LogP contribution in [-0.4, -0.2) is 81.4 Å². The monoisotopic (exact) mass is 750 g/mol. The number of carbonyl (C=O) groups excluding carboxylic acids is 3. The fourth-order valence-electron chi connectivity index (χ4n) is 8.96. The summed E-state index contributed by atoms with van der Waals surface area (Å²) in [6.45, 7) is 2.77. The molecule has 5 aromatic rings. The van der Waals surface area contributed by atoms with Crippen LogP contribution in [-0.2, 0) is 16.6 Å². The van der Waals surface area contributed by atoms with Gasteiger partial charge in [-0.1, -0.05) is 18.2 Å². The molecule has 2 aromatic heterocycles. The van der Waals surface area contributed by atoms with E-state index in [2.05, 4.69) is 38.2 Å². The number of imidazole rings is 1. The Morgan fingerprint density at radius 3 is 2.49 bits per heavy atom. The highest BCUT2D eigenvalue weighted by Gasteiger charge is 2.33. The van der Waals surface area contributed by atoms with E-state index in [1.165, 1.54) is 19.2 Å². The van der Waals surface area contributed by atoms with E-state index in [4.69, 9.17) is 9.84 Å². The van der Waals surface area contributed by atoms with Crippen LogP contribution in [0.5, 0.6) is 5.75 Å². The number of piperidine rings is 2. The smallest absolute Gasteiger partial charge is 0.329 e. The van der Waals surface area contributed by atoms with Crippen molar-refractivity contribution in [1.82, 2.24) is 29.1 Å². The number of hydrogen-bond donors (Lipinski definition) is 2. The summed E-state index contributed by atoms with van der Waals surface area (Å²) >= 11 is 0. The summed E-state index contributed by atoms with van der Waals surface area (Å²) < 4.78 is 25.0. The third kappa shape index (κ3) is 6.99. The first kappa shape index (κ1) is 36.5. The number of hydrogen-bond acceptors (Lipinski definition) is 8. The van der Waals surface area contributed by atoms with Gasteiger partial charge in [0.25, 0.3) is 5.91 Å². The molecule has 13 nitrogen and oxygen atoms in total. The molecular formula is C41H47FN8O5. The molecule has 14 heteroatoms. The summed E-state index contributed by atoms with van der Waals surface area (Å²) in [5.41, 5.74) is 3.49. The number of ether oxygens (including phenoxy) is 1. The number of fused-ring (bicyclic) bond motifs is 2. The molecule has 3 aliphatic rings. The third-order valence-electron chi connectivity index (χ3n) is 12.0. The number of methoxy groups -OCH3 is 1. The van der Waals surface area contributed by atoms with Gasteiger partial charge in [0, 0.05) is 56.8 Å². The molecule has 3 fully saturated rings. The lowest BCUT2D eigenvalue weighted by Gasteiger charge is -2.40. The molecule has 1 saturated carbocycles. The Kier molecular flexibility index (Phi) is 9.93. The highest BCUT2D eigenvalue weighted by Crippen LogP contribution is 2.37. The molecule has 0 radical (unpaired) electrons. The van der Waals surface area contributed by atoms with Gasteiger partial charge in [0.05, 0.1) is 46.6 Å². The molecule has 3 aromatic carbocycles. The van der Waals surface area contributed by atoms with Crippen molar-refractivity contribution in [2.45, 2.75) is 69.5 Å². The second-order valence-electron chi connectivity index (χ2n) is 15.3. The first-order valence-electron chi connectivity index (χ1n) is 19.2. The van der Waals surface area contributed by atoms with Gasteiger partial charge in [-0.15, -0.1) is 0 Å². The average molecular weight is 751 g/mol. The molecule has 2 N–H and O–H groups in total. The van der Waals surface area contributed by atoms with E-state index in [0.717, 1.165) is 80.3 Å². The molecule has 288 valence electrons. The number of para-hydroxylation sites is 1. The van der Waals surface area contributed by atoms with Crippen LogP contribution in [0.1, 0.15) is 73.8 Å². The van der Waals surface area contributed by atoms with E-state index in [-0.39, 0.29) is 29.6 Å². The van der Waals surface area contributed by atoms with Gasteiger partial charge >= 0.3 is 5.69 Å². The van der Waals surface area contributed by atoms with Crippen LogP contribution in [0.4, 0.5) is 15.8 Å². The predicted octanol–water partition coefficient (Wildman–Crippen LogP) is 5.40. The number of nitrogens with zero attached hydrogens (tertiary/aromatic N) is 6. The number of amides is 3. The highest BCUT2D eigenvalue weighted by atomic mass is 19.1. The predicted molar refractivity (Wildman–Crippen MR) is 208 cm³/mol. The SMILES string of the molecule is COc1cc2nn(C3CCC(CN(C)C4CCN(c5cccc6c5n(C)c(=O)n6C5CCC(=O)NC5=O)CC4)CC3)cc2cc1NC(=O)c1ccccc1F. The summed E-state index contributed by atoms with van der Waals surface area (Å²) in [5.74, 6) is -0.785. The maximum atomic E-state index is 14.2. The Morgan fingerprint density at radius 1 is 1.00 bits per heavy atom. The minimum atomic E-state index is -0.704. The van der Waals surface area contributed by atoms with Crippen molar-refractivity contribution < 1.29 is 23.5 Å². The molecule has 2 aliphatic heterocycles. The quantitative estimate of drug-likeness (QED) is 0.191. The van der Waals surface area contributed by atoms with Crippen molar-refractivity contribution in [3.05, 3.63) is 82.7 Å². The topological polar surface area (TPSA) is 136 Å². The molecular weight excluding hydrogens is 704 g/mol. The van der Waals surface area contributed by atoms with Gasteiger partial charge in [-0.05, 0) is 88.2 Å². The zero-order valence-electron chi connectivity index (χ0n) is 31.5.